The molecule has 0 bridgehead atoms. The van der Waals surface area contributed by atoms with Crippen LogP contribution >= 0.6 is 0 Å². The fourth-order valence-electron chi connectivity index (χ4n) is 2.76. The van der Waals surface area contributed by atoms with Crippen molar-refractivity contribution < 1.29 is 18.7 Å². The summed E-state index contributed by atoms with van der Waals surface area (Å²) >= 11 is 0. The lowest BCUT2D eigenvalue weighted by Gasteiger charge is -2.29. The summed E-state index contributed by atoms with van der Waals surface area (Å²) in [4.78, 5) is 24.7. The predicted octanol–water partition coefficient (Wildman–Crippen LogP) is 2.39. The van der Waals surface area contributed by atoms with Crippen molar-refractivity contribution in [3.05, 3.63) is 59.9 Å². The maximum Gasteiger partial charge on any atom is 0.255 e. The van der Waals surface area contributed by atoms with Gasteiger partial charge in [0.25, 0.3) is 5.91 Å². The minimum Gasteiger partial charge on any atom is -0.375 e. The third kappa shape index (κ3) is 4.44. The Kier molecular flexibility index (Phi) is 5.60. The van der Waals surface area contributed by atoms with Crippen LogP contribution in [0.15, 0.2) is 48.5 Å². The van der Waals surface area contributed by atoms with E-state index in [1.165, 1.54) is 18.2 Å². The lowest BCUT2D eigenvalue weighted by atomic mass is 10.1. The molecule has 0 aliphatic carbocycles. The summed E-state index contributed by atoms with van der Waals surface area (Å²) in [5.74, 6) is -1.04. The highest BCUT2D eigenvalue weighted by molar-refractivity contribution is 6.05. The van der Waals surface area contributed by atoms with Crippen molar-refractivity contribution in [2.45, 2.75) is 19.1 Å². The Balaban J connectivity index is 1.67. The number of hydrogen-bond acceptors (Lipinski definition) is 4. The number of carbonyl (C=O) groups excluding carboxylic acids is 2. The number of rotatable bonds is 4. The number of benzene rings is 2. The quantitative estimate of drug-likeness (QED) is 0.785. The summed E-state index contributed by atoms with van der Waals surface area (Å²) in [7, 11) is 0. The van der Waals surface area contributed by atoms with Gasteiger partial charge in [-0.25, -0.2) is 4.39 Å². The van der Waals surface area contributed by atoms with Gasteiger partial charge in [-0.2, -0.15) is 0 Å². The van der Waals surface area contributed by atoms with Gasteiger partial charge in [-0.3, -0.25) is 9.59 Å². The van der Waals surface area contributed by atoms with Gasteiger partial charge in [-0.15, -0.1) is 0 Å². The SMILES string of the molecule is C[C@H]1OCCN[C@@H]1C(=O)Nc1cccc(C(=O)Nc2cccc(F)c2)c1. The first-order valence-electron chi connectivity index (χ1n) is 8.36. The monoisotopic (exact) mass is 357 g/mol. The van der Waals surface area contributed by atoms with Crippen LogP contribution in [0, 0.1) is 5.82 Å². The lowest BCUT2D eigenvalue weighted by Crippen LogP contribution is -2.53. The van der Waals surface area contributed by atoms with Crippen LogP contribution in [0.1, 0.15) is 17.3 Å². The fraction of sp³-hybridized carbons (Fsp3) is 0.263. The van der Waals surface area contributed by atoms with E-state index in [-0.39, 0.29) is 17.9 Å². The van der Waals surface area contributed by atoms with Gasteiger partial charge >= 0.3 is 0 Å². The maximum atomic E-state index is 13.2. The number of anilines is 2. The van der Waals surface area contributed by atoms with Gasteiger partial charge in [-0.1, -0.05) is 12.1 Å². The number of hydrogen-bond donors (Lipinski definition) is 3. The first kappa shape index (κ1) is 18.0. The molecule has 0 radical (unpaired) electrons. The van der Waals surface area contributed by atoms with Crippen molar-refractivity contribution in [3.8, 4) is 0 Å². The van der Waals surface area contributed by atoms with E-state index in [9.17, 15) is 14.0 Å². The van der Waals surface area contributed by atoms with Crippen molar-refractivity contribution in [2.24, 2.45) is 0 Å². The number of ether oxygens (including phenoxy) is 1. The van der Waals surface area contributed by atoms with E-state index < -0.39 is 11.9 Å². The Morgan fingerprint density at radius 2 is 1.85 bits per heavy atom. The van der Waals surface area contributed by atoms with Gasteiger partial charge in [0.05, 0.1) is 12.7 Å². The summed E-state index contributed by atoms with van der Waals surface area (Å²) in [6, 6.07) is 11.8. The molecule has 1 saturated heterocycles. The molecule has 7 heteroatoms. The minimum atomic E-state index is -0.450. The summed E-state index contributed by atoms with van der Waals surface area (Å²) in [6.45, 7) is 3.01. The molecular formula is C19H20FN3O3. The lowest BCUT2D eigenvalue weighted by molar-refractivity contribution is -0.123. The minimum absolute atomic E-state index is 0.222. The Morgan fingerprint density at radius 3 is 2.58 bits per heavy atom. The third-order valence-electron chi connectivity index (χ3n) is 4.07. The van der Waals surface area contributed by atoms with Gasteiger partial charge in [0, 0.05) is 23.5 Å². The van der Waals surface area contributed by atoms with Crippen molar-refractivity contribution in [1.82, 2.24) is 5.32 Å². The van der Waals surface area contributed by atoms with Crippen molar-refractivity contribution in [2.75, 3.05) is 23.8 Å². The summed E-state index contributed by atoms with van der Waals surface area (Å²) < 4.78 is 18.7. The molecule has 0 saturated carbocycles. The normalized spacial score (nSPS) is 19.6. The Hall–Kier alpha value is -2.77. The molecule has 6 nitrogen and oxygen atoms in total. The average Bonchev–Trinajstić information content (AvgIpc) is 2.62. The number of halogens is 1. The Morgan fingerprint density at radius 1 is 1.12 bits per heavy atom. The molecule has 2 aromatic rings. The van der Waals surface area contributed by atoms with Gasteiger partial charge in [-0.05, 0) is 43.3 Å². The summed E-state index contributed by atoms with van der Waals surface area (Å²) in [5, 5.41) is 8.53. The van der Waals surface area contributed by atoms with Gasteiger partial charge in [0.15, 0.2) is 0 Å². The topological polar surface area (TPSA) is 79.5 Å². The van der Waals surface area contributed by atoms with Crippen LogP contribution in [-0.2, 0) is 9.53 Å². The molecule has 2 atom stereocenters. The standard InChI is InChI=1S/C19H20FN3O3/c1-12-17(21-8-9-26-12)19(25)23-15-6-2-4-13(10-15)18(24)22-16-7-3-5-14(20)11-16/h2-7,10-12,17,21H,8-9H2,1H3,(H,22,24)(H,23,25)/t12-,17+/m1/s1. The average molecular weight is 357 g/mol. The molecule has 1 heterocycles. The summed E-state index contributed by atoms with van der Waals surface area (Å²) in [5.41, 5.74) is 1.22. The highest BCUT2D eigenvalue weighted by atomic mass is 19.1. The predicted molar refractivity (Wildman–Crippen MR) is 96.6 cm³/mol. The number of nitrogens with one attached hydrogen (secondary N) is 3. The number of morpholine rings is 1. The molecule has 2 amide bonds. The van der Waals surface area contributed by atoms with Crippen LogP contribution in [-0.4, -0.2) is 37.1 Å². The zero-order valence-electron chi connectivity index (χ0n) is 14.3. The van der Waals surface area contributed by atoms with Crippen LogP contribution in [0.3, 0.4) is 0 Å². The first-order chi connectivity index (χ1) is 12.5. The Labute approximate surface area is 150 Å². The maximum absolute atomic E-state index is 13.2. The van der Waals surface area contributed by atoms with Crippen molar-refractivity contribution in [3.63, 3.8) is 0 Å². The molecule has 1 aliphatic heterocycles. The van der Waals surface area contributed by atoms with Crippen molar-refractivity contribution in [1.29, 1.82) is 0 Å². The van der Waals surface area contributed by atoms with E-state index in [0.717, 1.165) is 0 Å². The zero-order valence-corrected chi connectivity index (χ0v) is 14.3. The molecular weight excluding hydrogens is 337 g/mol. The molecule has 2 aromatic carbocycles. The molecule has 26 heavy (non-hydrogen) atoms. The number of carbonyl (C=O) groups is 2. The highest BCUT2D eigenvalue weighted by Gasteiger charge is 2.28. The van der Waals surface area contributed by atoms with Crippen LogP contribution in [0.5, 0.6) is 0 Å². The number of amides is 2. The molecule has 3 N–H and O–H groups in total. The van der Waals surface area contributed by atoms with Gasteiger partial charge in [0.1, 0.15) is 11.9 Å². The molecule has 0 spiro atoms. The Bertz CT molecular complexity index is 812. The van der Waals surface area contributed by atoms with Crippen LogP contribution in [0.25, 0.3) is 0 Å². The molecule has 1 fully saturated rings. The van der Waals surface area contributed by atoms with Crippen molar-refractivity contribution >= 4 is 23.2 Å². The van der Waals surface area contributed by atoms with Crippen LogP contribution < -0.4 is 16.0 Å². The van der Waals surface area contributed by atoms with Gasteiger partial charge < -0.3 is 20.7 Å². The van der Waals surface area contributed by atoms with E-state index in [0.29, 0.717) is 30.1 Å². The second-order valence-electron chi connectivity index (χ2n) is 6.04. The molecule has 3 rings (SSSR count). The second-order valence-corrected chi connectivity index (χ2v) is 6.04. The smallest absolute Gasteiger partial charge is 0.255 e. The van der Waals surface area contributed by atoms with E-state index in [2.05, 4.69) is 16.0 Å². The summed E-state index contributed by atoms with van der Waals surface area (Å²) in [6.07, 6.45) is -0.233. The van der Waals surface area contributed by atoms with Crippen LogP contribution in [0.4, 0.5) is 15.8 Å². The highest BCUT2D eigenvalue weighted by Crippen LogP contribution is 2.15. The van der Waals surface area contributed by atoms with Gasteiger partial charge in [0.2, 0.25) is 5.91 Å². The first-order valence-corrected chi connectivity index (χ1v) is 8.36. The largest absolute Gasteiger partial charge is 0.375 e. The molecule has 0 aromatic heterocycles. The zero-order chi connectivity index (χ0) is 18.5. The second kappa shape index (κ2) is 8.07. The van der Waals surface area contributed by atoms with Crippen LogP contribution in [0.2, 0.25) is 0 Å². The molecule has 136 valence electrons. The third-order valence-corrected chi connectivity index (χ3v) is 4.07. The molecule has 1 aliphatic rings. The van der Waals surface area contributed by atoms with E-state index in [1.807, 2.05) is 6.92 Å². The van der Waals surface area contributed by atoms with E-state index in [1.54, 1.807) is 30.3 Å². The molecule has 0 unspecified atom stereocenters. The van der Waals surface area contributed by atoms with E-state index in [4.69, 9.17) is 4.74 Å². The van der Waals surface area contributed by atoms with E-state index >= 15 is 0 Å². The fourth-order valence-corrected chi connectivity index (χ4v) is 2.76.